The predicted octanol–water partition coefficient (Wildman–Crippen LogP) is 3.82. The van der Waals surface area contributed by atoms with E-state index in [9.17, 15) is 4.79 Å². The number of nitrogens with one attached hydrogen (secondary N) is 1. The van der Waals surface area contributed by atoms with Crippen molar-refractivity contribution in [3.8, 4) is 11.4 Å². The first-order valence-corrected chi connectivity index (χ1v) is 10.2. The first-order valence-electron chi connectivity index (χ1n) is 9.81. The maximum absolute atomic E-state index is 13.3. The number of amides is 2. The monoisotopic (exact) mass is 425 g/mol. The van der Waals surface area contributed by atoms with Crippen LogP contribution < -0.4 is 5.32 Å². The summed E-state index contributed by atoms with van der Waals surface area (Å²) in [5.74, 6) is 1.95. The van der Waals surface area contributed by atoms with Gasteiger partial charge in [0.05, 0.1) is 11.2 Å². The summed E-state index contributed by atoms with van der Waals surface area (Å²) in [4.78, 5) is 23.8. The van der Waals surface area contributed by atoms with E-state index >= 15 is 0 Å². The van der Waals surface area contributed by atoms with Gasteiger partial charge >= 0.3 is 6.03 Å². The van der Waals surface area contributed by atoms with Gasteiger partial charge in [-0.1, -0.05) is 23.7 Å². The third-order valence-electron chi connectivity index (χ3n) is 5.85. The van der Waals surface area contributed by atoms with Gasteiger partial charge in [-0.15, -0.1) is 5.10 Å². The second-order valence-corrected chi connectivity index (χ2v) is 8.45. The molecule has 2 fully saturated rings. The molecule has 5 rings (SSSR count). The number of rotatable bonds is 3. The van der Waals surface area contributed by atoms with Crippen LogP contribution >= 0.6 is 11.6 Å². The predicted molar refractivity (Wildman–Crippen MR) is 109 cm³/mol. The van der Waals surface area contributed by atoms with Crippen LogP contribution in [-0.4, -0.2) is 42.3 Å². The van der Waals surface area contributed by atoms with E-state index in [2.05, 4.69) is 37.6 Å². The van der Waals surface area contributed by atoms with Crippen LogP contribution in [0.15, 0.2) is 35.1 Å². The Morgan fingerprint density at radius 2 is 2.20 bits per heavy atom. The molecule has 1 aliphatic heterocycles. The Hall–Kier alpha value is -3.07. The third-order valence-corrected chi connectivity index (χ3v) is 6.18. The fraction of sp³-hybridized carbons (Fsp3) is 0.400. The zero-order chi connectivity index (χ0) is 20.9. The van der Waals surface area contributed by atoms with Crippen molar-refractivity contribution in [1.82, 2.24) is 30.2 Å². The Morgan fingerprint density at radius 3 is 2.93 bits per heavy atom. The topological polar surface area (TPSA) is 110 Å². The molecule has 154 valence electrons. The number of piperidine rings is 1. The highest BCUT2D eigenvalue weighted by molar-refractivity contribution is 6.33. The van der Waals surface area contributed by atoms with Crippen molar-refractivity contribution >= 4 is 23.3 Å². The standard InChI is InChI=1S/C20H20ClN7O2/c1-11-7-14-10-20(9-11,18-24-12(2)27-30-18)28(14)19(29)25-13-3-4-16(21)15(8-13)17-22-5-6-23-26-17/h3-6,8,11,14H,7,9-10H2,1-2H3,(H,25,29)/t11-,14+,20-/m1/s1. The molecule has 2 amide bonds. The Kier molecular flexibility index (Phi) is 4.43. The fourth-order valence-electron chi connectivity index (χ4n) is 4.76. The maximum atomic E-state index is 13.3. The highest BCUT2D eigenvalue weighted by Gasteiger charge is 2.62. The summed E-state index contributed by atoms with van der Waals surface area (Å²) < 4.78 is 5.49. The Bertz CT molecular complexity index is 1110. The van der Waals surface area contributed by atoms with E-state index in [0.717, 1.165) is 19.3 Å². The Balaban J connectivity index is 1.43. The van der Waals surface area contributed by atoms with Gasteiger partial charge in [-0.2, -0.15) is 10.1 Å². The van der Waals surface area contributed by atoms with E-state index in [1.165, 1.54) is 6.20 Å². The molecule has 2 bridgehead atoms. The number of anilines is 1. The van der Waals surface area contributed by atoms with Gasteiger partial charge in [-0.05, 0) is 43.9 Å². The Morgan fingerprint density at radius 1 is 1.33 bits per heavy atom. The summed E-state index contributed by atoms with van der Waals surface area (Å²) in [6.07, 6.45) is 5.63. The second kappa shape index (κ2) is 7.02. The molecule has 3 aromatic rings. The normalized spacial score (nSPS) is 25.0. The molecular weight excluding hydrogens is 406 g/mol. The van der Waals surface area contributed by atoms with Crippen LogP contribution in [-0.2, 0) is 5.54 Å². The van der Waals surface area contributed by atoms with Gasteiger partial charge in [0, 0.05) is 29.9 Å². The maximum Gasteiger partial charge on any atom is 0.323 e. The number of fused-ring (bicyclic) bond motifs is 2. The number of hydrogen-bond donors (Lipinski definition) is 1. The molecule has 1 saturated carbocycles. The number of aromatic nitrogens is 5. The lowest BCUT2D eigenvalue weighted by Crippen LogP contribution is -2.70. The summed E-state index contributed by atoms with van der Waals surface area (Å²) in [6.45, 7) is 3.98. The van der Waals surface area contributed by atoms with E-state index in [4.69, 9.17) is 16.1 Å². The van der Waals surface area contributed by atoms with Crippen LogP contribution in [0, 0.1) is 12.8 Å². The molecule has 0 unspecified atom stereocenters. The molecule has 0 spiro atoms. The van der Waals surface area contributed by atoms with E-state index in [0.29, 0.717) is 39.7 Å². The van der Waals surface area contributed by atoms with Crippen molar-refractivity contribution in [1.29, 1.82) is 0 Å². The molecule has 30 heavy (non-hydrogen) atoms. The van der Waals surface area contributed by atoms with Crippen LogP contribution in [0.2, 0.25) is 5.02 Å². The largest absolute Gasteiger partial charge is 0.337 e. The lowest BCUT2D eigenvalue weighted by molar-refractivity contribution is -0.111. The number of nitrogens with zero attached hydrogens (tertiary/aromatic N) is 6. The first kappa shape index (κ1) is 18.9. The summed E-state index contributed by atoms with van der Waals surface area (Å²) in [7, 11) is 0. The molecule has 10 heteroatoms. The molecule has 1 N–H and O–H groups in total. The number of carbonyl (C=O) groups excluding carboxylic acids is 1. The summed E-state index contributed by atoms with van der Waals surface area (Å²) in [5, 5.41) is 15.3. The molecule has 1 aromatic carbocycles. The average molecular weight is 426 g/mol. The van der Waals surface area contributed by atoms with E-state index in [1.54, 1.807) is 31.3 Å². The molecule has 1 aliphatic carbocycles. The SMILES string of the molecule is Cc1noc([C@@]23C[C@H](C)C[C@@H](C2)N3C(=O)Nc2ccc(Cl)c(-c3nccnn3)c2)n1. The lowest BCUT2D eigenvalue weighted by atomic mass is 9.64. The molecule has 2 aliphatic rings. The number of carbonyl (C=O) groups is 1. The van der Waals surface area contributed by atoms with Gasteiger partial charge < -0.3 is 14.7 Å². The number of benzene rings is 1. The average Bonchev–Trinajstić information content (AvgIpc) is 3.16. The van der Waals surface area contributed by atoms with Gasteiger partial charge in [0.1, 0.15) is 5.54 Å². The van der Waals surface area contributed by atoms with Crippen LogP contribution in [0.3, 0.4) is 0 Å². The smallest absolute Gasteiger partial charge is 0.323 e. The second-order valence-electron chi connectivity index (χ2n) is 8.04. The first-order chi connectivity index (χ1) is 14.5. The van der Waals surface area contributed by atoms with Gasteiger partial charge in [-0.25, -0.2) is 9.78 Å². The minimum Gasteiger partial charge on any atom is -0.337 e. The van der Waals surface area contributed by atoms with Gasteiger partial charge in [0.25, 0.3) is 5.89 Å². The highest BCUT2D eigenvalue weighted by Crippen LogP contribution is 2.55. The van der Waals surface area contributed by atoms with Crippen molar-refractivity contribution < 1.29 is 9.32 Å². The van der Waals surface area contributed by atoms with Crippen LogP contribution in [0.25, 0.3) is 11.4 Å². The third kappa shape index (κ3) is 3.00. The van der Waals surface area contributed by atoms with Crippen molar-refractivity contribution in [3.63, 3.8) is 0 Å². The van der Waals surface area contributed by atoms with Crippen molar-refractivity contribution in [2.24, 2.45) is 5.92 Å². The minimum absolute atomic E-state index is 0.148. The minimum atomic E-state index is -0.546. The number of halogens is 1. The highest BCUT2D eigenvalue weighted by atomic mass is 35.5. The molecular formula is C20H20ClN7O2. The summed E-state index contributed by atoms with van der Waals surface area (Å²) >= 11 is 6.31. The van der Waals surface area contributed by atoms with Gasteiger partial charge in [-0.3, -0.25) is 0 Å². The lowest BCUT2D eigenvalue weighted by Gasteiger charge is -2.61. The number of aryl methyl sites for hydroxylation is 1. The number of urea groups is 1. The number of hydrogen-bond acceptors (Lipinski definition) is 7. The molecule has 9 nitrogen and oxygen atoms in total. The van der Waals surface area contributed by atoms with Crippen molar-refractivity contribution in [3.05, 3.63) is 47.3 Å². The molecule has 3 heterocycles. The number of likely N-dealkylation sites (tertiary alicyclic amines) is 1. The zero-order valence-corrected chi connectivity index (χ0v) is 17.3. The van der Waals surface area contributed by atoms with E-state index in [-0.39, 0.29) is 12.1 Å². The van der Waals surface area contributed by atoms with Gasteiger partial charge in [0.15, 0.2) is 11.6 Å². The summed E-state index contributed by atoms with van der Waals surface area (Å²) in [5.41, 5.74) is 0.652. The fourth-order valence-corrected chi connectivity index (χ4v) is 4.97. The summed E-state index contributed by atoms with van der Waals surface area (Å²) in [6, 6.07) is 5.16. The van der Waals surface area contributed by atoms with E-state index < -0.39 is 5.54 Å². The molecule has 1 saturated heterocycles. The van der Waals surface area contributed by atoms with Crippen molar-refractivity contribution in [2.75, 3.05) is 5.32 Å². The van der Waals surface area contributed by atoms with Crippen LogP contribution in [0.5, 0.6) is 0 Å². The van der Waals surface area contributed by atoms with Crippen LogP contribution in [0.4, 0.5) is 10.5 Å². The van der Waals surface area contributed by atoms with E-state index in [1.807, 2.05) is 4.90 Å². The molecule has 3 atom stereocenters. The van der Waals surface area contributed by atoms with Crippen molar-refractivity contribution in [2.45, 2.75) is 44.7 Å². The van der Waals surface area contributed by atoms with Gasteiger partial charge in [0.2, 0.25) is 0 Å². The molecule has 0 radical (unpaired) electrons. The molecule has 2 aromatic heterocycles. The quantitative estimate of drug-likeness (QED) is 0.679. The zero-order valence-electron chi connectivity index (χ0n) is 16.5. The Labute approximate surface area is 177 Å². The van der Waals surface area contributed by atoms with Crippen LogP contribution in [0.1, 0.15) is 37.9 Å².